The van der Waals surface area contributed by atoms with Crippen molar-refractivity contribution in [1.29, 1.82) is 0 Å². The first-order valence-electron chi connectivity index (χ1n) is 13.0. The maximum absolute atomic E-state index is 14.8. The number of phenolic OH excluding ortho intramolecular Hbond substituents is 1. The summed E-state index contributed by atoms with van der Waals surface area (Å²) in [6.45, 7) is 6.25. The minimum atomic E-state index is -0.832. The third-order valence-electron chi connectivity index (χ3n) is 6.46. The van der Waals surface area contributed by atoms with E-state index in [0.717, 1.165) is 4.57 Å². The van der Waals surface area contributed by atoms with E-state index in [0.29, 0.717) is 11.1 Å². The average Bonchev–Trinajstić information content (AvgIpc) is 2.89. The summed E-state index contributed by atoms with van der Waals surface area (Å²) in [6.07, 6.45) is -0.724. The highest BCUT2D eigenvalue weighted by atomic mass is 35.5. The molecular formula is C31H31ClFN3O5. The first-order valence-corrected chi connectivity index (χ1v) is 13.3. The van der Waals surface area contributed by atoms with Crippen LogP contribution in [-0.2, 0) is 17.8 Å². The molecule has 3 aromatic carbocycles. The second-order valence-electron chi connectivity index (χ2n) is 10.6. The Hall–Kier alpha value is -4.37. The van der Waals surface area contributed by atoms with Crippen LogP contribution in [0.25, 0.3) is 11.1 Å². The van der Waals surface area contributed by atoms with Crippen molar-refractivity contribution in [3.8, 4) is 16.9 Å². The van der Waals surface area contributed by atoms with Gasteiger partial charge >= 0.3 is 11.8 Å². The lowest BCUT2D eigenvalue weighted by Gasteiger charge is -2.25. The Morgan fingerprint density at radius 2 is 1.71 bits per heavy atom. The molecule has 0 bridgehead atoms. The number of nitrogens with one attached hydrogen (secondary N) is 1. The molecule has 1 unspecified atom stereocenters. The summed E-state index contributed by atoms with van der Waals surface area (Å²) in [5, 5.41) is 13.0. The van der Waals surface area contributed by atoms with Crippen molar-refractivity contribution in [2.75, 3.05) is 0 Å². The number of nitrogens with zero attached hydrogens (tertiary/aromatic N) is 2. The lowest BCUT2D eigenvalue weighted by molar-refractivity contribution is 0.0497. The number of aromatic nitrogens is 2. The maximum Gasteiger partial charge on any atom is 0.408 e. The van der Waals surface area contributed by atoms with Crippen molar-refractivity contribution in [1.82, 2.24) is 14.5 Å². The molecule has 0 aliphatic carbocycles. The molecule has 1 heterocycles. The first-order chi connectivity index (χ1) is 19.4. The Labute approximate surface area is 241 Å². The van der Waals surface area contributed by atoms with E-state index in [1.807, 2.05) is 0 Å². The van der Waals surface area contributed by atoms with E-state index < -0.39 is 34.8 Å². The van der Waals surface area contributed by atoms with Gasteiger partial charge in [-0.15, -0.1) is 0 Å². The highest BCUT2D eigenvalue weighted by molar-refractivity contribution is 6.31. The van der Waals surface area contributed by atoms with Gasteiger partial charge in [-0.25, -0.2) is 14.0 Å². The quantitative estimate of drug-likeness (QED) is 0.288. The van der Waals surface area contributed by atoms with E-state index in [4.69, 9.17) is 16.3 Å². The van der Waals surface area contributed by atoms with Gasteiger partial charge in [0.05, 0.1) is 24.7 Å². The molecule has 0 radical (unpaired) electrons. The zero-order valence-corrected chi connectivity index (χ0v) is 23.9. The van der Waals surface area contributed by atoms with Gasteiger partial charge in [0.1, 0.15) is 17.2 Å². The number of aromatic hydroxyl groups is 1. The Morgan fingerprint density at radius 3 is 2.34 bits per heavy atom. The number of hydrogen-bond donors (Lipinski definition) is 2. The van der Waals surface area contributed by atoms with Crippen LogP contribution in [0.15, 0.2) is 82.4 Å². The highest BCUT2D eigenvalue weighted by Gasteiger charge is 2.25. The third-order valence-corrected chi connectivity index (χ3v) is 6.81. The molecule has 8 nitrogen and oxygen atoms in total. The molecule has 0 saturated heterocycles. The van der Waals surface area contributed by atoms with E-state index in [1.165, 1.54) is 34.9 Å². The van der Waals surface area contributed by atoms with Crippen molar-refractivity contribution in [2.45, 2.75) is 52.4 Å². The van der Waals surface area contributed by atoms with Gasteiger partial charge in [-0.3, -0.25) is 13.9 Å². The molecule has 41 heavy (non-hydrogen) atoms. The molecule has 1 aromatic heterocycles. The minimum absolute atomic E-state index is 0.0727. The first kappa shape index (κ1) is 29.6. The SMILES string of the molecule is Cc1c(-c2cccc(O)c2)c(=O)n(CC(NC(=O)OC(C)(C)C)c2ccccc2)c(=O)n1Cc1c(F)cccc1Cl. The molecule has 1 amide bonds. The Morgan fingerprint density at radius 1 is 1.02 bits per heavy atom. The van der Waals surface area contributed by atoms with E-state index in [1.54, 1.807) is 70.2 Å². The van der Waals surface area contributed by atoms with Crippen LogP contribution in [0.4, 0.5) is 9.18 Å². The maximum atomic E-state index is 14.8. The minimum Gasteiger partial charge on any atom is -0.508 e. The van der Waals surface area contributed by atoms with E-state index in [-0.39, 0.29) is 40.7 Å². The van der Waals surface area contributed by atoms with Crippen molar-refractivity contribution in [3.05, 3.63) is 121 Å². The van der Waals surface area contributed by atoms with Gasteiger partial charge in [-0.2, -0.15) is 0 Å². The fourth-order valence-electron chi connectivity index (χ4n) is 4.54. The molecule has 0 aliphatic rings. The number of ether oxygens (including phenoxy) is 1. The summed E-state index contributed by atoms with van der Waals surface area (Å²) in [5.41, 5.74) is -0.657. The normalized spacial score (nSPS) is 12.1. The molecule has 214 valence electrons. The Kier molecular flexibility index (Phi) is 8.68. The van der Waals surface area contributed by atoms with Crippen molar-refractivity contribution in [3.63, 3.8) is 0 Å². The highest BCUT2D eigenvalue weighted by Crippen LogP contribution is 2.25. The number of halogens is 2. The number of hydrogen-bond acceptors (Lipinski definition) is 5. The van der Waals surface area contributed by atoms with Crippen LogP contribution in [0.1, 0.15) is 43.6 Å². The molecule has 0 fully saturated rings. The van der Waals surface area contributed by atoms with Gasteiger partial charge in [0.25, 0.3) is 5.56 Å². The number of phenols is 1. The van der Waals surface area contributed by atoms with E-state index >= 15 is 0 Å². The number of carbonyl (C=O) groups excluding carboxylic acids is 1. The molecule has 0 spiro atoms. The zero-order chi connectivity index (χ0) is 29.9. The summed E-state index contributed by atoms with van der Waals surface area (Å²) in [5.74, 6) is -0.675. The molecule has 0 aliphatic heterocycles. The number of carbonyl (C=O) groups is 1. The Bertz CT molecular complexity index is 1670. The summed E-state index contributed by atoms with van der Waals surface area (Å²) in [7, 11) is 0. The number of alkyl carbamates (subject to hydrolysis) is 1. The van der Waals surface area contributed by atoms with E-state index in [9.17, 15) is 23.9 Å². The predicted molar refractivity (Wildman–Crippen MR) is 156 cm³/mol. The average molecular weight is 580 g/mol. The summed E-state index contributed by atoms with van der Waals surface area (Å²) >= 11 is 6.29. The van der Waals surface area contributed by atoms with Crippen LogP contribution >= 0.6 is 11.6 Å². The molecular weight excluding hydrogens is 549 g/mol. The van der Waals surface area contributed by atoms with Crippen molar-refractivity contribution in [2.24, 2.45) is 0 Å². The van der Waals surface area contributed by atoms with Gasteiger partial charge in [0, 0.05) is 16.3 Å². The van der Waals surface area contributed by atoms with Gasteiger partial charge in [-0.05, 0) is 63.1 Å². The van der Waals surface area contributed by atoms with Gasteiger partial charge < -0.3 is 15.2 Å². The van der Waals surface area contributed by atoms with Crippen LogP contribution in [0.2, 0.25) is 5.02 Å². The van der Waals surface area contributed by atoms with Gasteiger partial charge in [-0.1, -0.05) is 60.1 Å². The topological polar surface area (TPSA) is 103 Å². The lowest BCUT2D eigenvalue weighted by atomic mass is 10.0. The summed E-state index contributed by atoms with van der Waals surface area (Å²) < 4.78 is 22.5. The third kappa shape index (κ3) is 6.86. The zero-order valence-electron chi connectivity index (χ0n) is 23.2. The molecule has 4 rings (SSSR count). The lowest BCUT2D eigenvalue weighted by Crippen LogP contribution is -2.46. The molecule has 0 saturated carbocycles. The largest absolute Gasteiger partial charge is 0.508 e. The summed E-state index contributed by atoms with van der Waals surface area (Å²) in [6, 6.07) is 18.3. The fraction of sp³-hybridized carbons (Fsp3) is 0.258. The summed E-state index contributed by atoms with van der Waals surface area (Å²) in [4.78, 5) is 40.7. The number of benzene rings is 3. The second-order valence-corrected chi connectivity index (χ2v) is 11.0. The van der Waals surface area contributed by atoms with E-state index in [2.05, 4.69) is 5.32 Å². The van der Waals surface area contributed by atoms with Crippen LogP contribution in [0.5, 0.6) is 5.75 Å². The smallest absolute Gasteiger partial charge is 0.408 e. The van der Waals surface area contributed by atoms with Crippen LogP contribution in [-0.4, -0.2) is 25.9 Å². The molecule has 4 aromatic rings. The van der Waals surface area contributed by atoms with Crippen LogP contribution < -0.4 is 16.6 Å². The predicted octanol–water partition coefficient (Wildman–Crippen LogP) is 5.80. The fourth-order valence-corrected chi connectivity index (χ4v) is 4.76. The molecule has 10 heteroatoms. The van der Waals surface area contributed by atoms with Crippen LogP contribution in [0.3, 0.4) is 0 Å². The number of amides is 1. The van der Waals surface area contributed by atoms with Crippen LogP contribution in [0, 0.1) is 12.7 Å². The second kappa shape index (κ2) is 12.0. The Balaban J connectivity index is 1.91. The molecule has 2 N–H and O–H groups in total. The van der Waals surface area contributed by atoms with Crippen molar-refractivity contribution < 1.29 is 19.0 Å². The monoisotopic (exact) mass is 579 g/mol. The van der Waals surface area contributed by atoms with Gasteiger partial charge in [0.2, 0.25) is 0 Å². The van der Waals surface area contributed by atoms with Gasteiger partial charge in [0.15, 0.2) is 0 Å². The number of rotatable bonds is 7. The molecule has 1 atom stereocenters. The standard InChI is InChI=1S/C31H31ClFN3O5/c1-19-27(21-12-8-13-22(37)16-21)28(38)36(30(40)35(19)17-23-24(32)14-9-15-25(23)33)18-26(20-10-6-5-7-11-20)34-29(39)41-31(2,3)4/h5-16,26,37H,17-18H2,1-4H3,(H,34,39). The van der Waals surface area contributed by atoms with Crippen molar-refractivity contribution >= 4 is 17.7 Å².